The average molecular weight is 572 g/mol. The van der Waals surface area contributed by atoms with Gasteiger partial charge in [0.15, 0.2) is 0 Å². The Morgan fingerprint density at radius 1 is 0.600 bits per heavy atom. The summed E-state index contributed by atoms with van der Waals surface area (Å²) in [5.41, 5.74) is 0.0863. The lowest BCUT2D eigenvalue weighted by molar-refractivity contribution is -0.0211. The molecule has 3 aliphatic rings. The maximum atomic E-state index is 5.73. The monoisotopic (exact) mass is 572 g/mol. The van der Waals surface area contributed by atoms with Crippen molar-refractivity contribution in [2.24, 2.45) is 5.92 Å². The summed E-state index contributed by atoms with van der Waals surface area (Å²) >= 11 is 0. The number of likely N-dealkylation sites (N-methyl/N-ethyl adjacent to an activating group) is 1. The van der Waals surface area contributed by atoms with Gasteiger partial charge < -0.3 is 24.0 Å². The van der Waals surface area contributed by atoms with Crippen LogP contribution in [0.5, 0.6) is 0 Å². The maximum Gasteiger partial charge on any atom is 0.0600 e. The van der Waals surface area contributed by atoms with Crippen molar-refractivity contribution in [1.82, 2.24) is 14.7 Å². The smallest absolute Gasteiger partial charge is 0.0600 e. The number of hydrogen-bond acceptors (Lipinski definition) is 6. The van der Waals surface area contributed by atoms with Crippen LogP contribution in [-0.4, -0.2) is 111 Å². The topological polar surface area (TPSA) is 37.4 Å². The molecule has 0 spiro atoms. The van der Waals surface area contributed by atoms with Gasteiger partial charge in [-0.25, -0.2) is 0 Å². The van der Waals surface area contributed by atoms with E-state index < -0.39 is 0 Å². The summed E-state index contributed by atoms with van der Waals surface area (Å²) in [6, 6.07) is 0.736. The Morgan fingerprint density at radius 3 is 1.45 bits per heavy atom. The normalized spacial score (nSPS) is 21.0. The molecule has 1 saturated carbocycles. The van der Waals surface area contributed by atoms with Gasteiger partial charge >= 0.3 is 0 Å². The molecule has 2 saturated heterocycles. The SMILES string of the molecule is CC.CC(C)(C)OCC1CCCC1.CC(C)(C)OCCN1CCCC1.CN(C)C1CCN(CCOC(C)(C)C)C1. The molecular weight excluding hydrogens is 498 g/mol. The Morgan fingerprint density at radius 2 is 1.05 bits per heavy atom. The summed E-state index contributed by atoms with van der Waals surface area (Å²) in [7, 11) is 4.33. The van der Waals surface area contributed by atoms with Crippen molar-refractivity contribution in [3.63, 3.8) is 0 Å². The Bertz CT molecular complexity index is 581. The lowest BCUT2D eigenvalue weighted by Crippen LogP contribution is -2.34. The highest BCUT2D eigenvalue weighted by Gasteiger charge is 2.24. The largest absolute Gasteiger partial charge is 0.376 e. The first-order valence-electron chi connectivity index (χ1n) is 16.6. The fourth-order valence-corrected chi connectivity index (χ4v) is 4.95. The van der Waals surface area contributed by atoms with Gasteiger partial charge in [-0.3, -0.25) is 4.90 Å². The molecule has 1 unspecified atom stereocenters. The molecule has 0 aromatic carbocycles. The molecular formula is C34H73N3O3. The zero-order valence-corrected chi connectivity index (χ0v) is 29.5. The number of nitrogens with zero attached hydrogens (tertiary/aromatic N) is 3. The van der Waals surface area contributed by atoms with Gasteiger partial charge in [0.2, 0.25) is 0 Å². The Balaban J connectivity index is 0.000000559. The minimum absolute atomic E-state index is 0.000668. The van der Waals surface area contributed by atoms with Crippen molar-refractivity contribution in [1.29, 1.82) is 0 Å². The second-order valence-corrected chi connectivity index (χ2v) is 14.8. The van der Waals surface area contributed by atoms with Crippen LogP contribution in [0.3, 0.4) is 0 Å². The molecule has 2 aliphatic heterocycles. The fraction of sp³-hybridized carbons (Fsp3) is 1.00. The summed E-state index contributed by atoms with van der Waals surface area (Å²) in [6.07, 6.45) is 9.63. The zero-order valence-electron chi connectivity index (χ0n) is 29.5. The van der Waals surface area contributed by atoms with Crippen LogP contribution in [-0.2, 0) is 14.2 Å². The Hall–Kier alpha value is -0.240. The van der Waals surface area contributed by atoms with Crippen molar-refractivity contribution in [2.75, 3.05) is 73.2 Å². The van der Waals surface area contributed by atoms with Gasteiger partial charge in [0.25, 0.3) is 0 Å². The Kier molecular flexibility index (Phi) is 20.5. The van der Waals surface area contributed by atoms with Gasteiger partial charge in [-0.2, -0.15) is 0 Å². The van der Waals surface area contributed by atoms with Crippen LogP contribution in [0.2, 0.25) is 0 Å². The molecule has 0 amide bonds. The van der Waals surface area contributed by atoms with E-state index in [9.17, 15) is 0 Å². The van der Waals surface area contributed by atoms with E-state index >= 15 is 0 Å². The number of hydrogen-bond donors (Lipinski definition) is 0. The molecule has 6 heteroatoms. The molecule has 3 rings (SSSR count). The average Bonchev–Trinajstić information content (AvgIpc) is 3.61. The molecule has 0 radical (unpaired) electrons. The van der Waals surface area contributed by atoms with Gasteiger partial charge in [-0.1, -0.05) is 26.7 Å². The van der Waals surface area contributed by atoms with Crippen LogP contribution in [0.1, 0.15) is 121 Å². The molecule has 40 heavy (non-hydrogen) atoms. The summed E-state index contributed by atoms with van der Waals surface area (Å²) in [6.45, 7) is 32.9. The van der Waals surface area contributed by atoms with Gasteiger partial charge in [0.05, 0.1) is 36.6 Å². The maximum absolute atomic E-state index is 5.73. The lowest BCUT2D eigenvalue weighted by atomic mass is 10.1. The van der Waals surface area contributed by atoms with Crippen LogP contribution in [0, 0.1) is 5.92 Å². The minimum Gasteiger partial charge on any atom is -0.376 e. The molecule has 0 aromatic rings. The molecule has 0 bridgehead atoms. The van der Waals surface area contributed by atoms with E-state index in [-0.39, 0.29) is 16.8 Å². The van der Waals surface area contributed by atoms with Gasteiger partial charge in [0.1, 0.15) is 0 Å². The van der Waals surface area contributed by atoms with E-state index in [1.807, 2.05) is 13.8 Å². The second kappa shape index (κ2) is 20.6. The standard InChI is InChI=1S/C12H26N2O.C10H21NO.C10H20O.C2H6/c1-12(2,3)15-9-8-14-7-6-11(10-14)13(4)5;1-10(2,3)12-9-8-11-6-4-5-7-11;1-10(2,3)11-8-9-6-4-5-7-9;1-2/h11H,6-10H2,1-5H3;4-9H2,1-3H3;9H,4-8H2,1-3H3;1-2H3. The summed E-state index contributed by atoms with van der Waals surface area (Å²) in [5, 5.41) is 0. The first-order valence-corrected chi connectivity index (χ1v) is 16.6. The number of likely N-dealkylation sites (tertiary alicyclic amines) is 2. The van der Waals surface area contributed by atoms with E-state index in [4.69, 9.17) is 14.2 Å². The molecule has 0 aromatic heterocycles. The van der Waals surface area contributed by atoms with Crippen molar-refractivity contribution in [2.45, 2.75) is 144 Å². The third-order valence-corrected chi connectivity index (χ3v) is 7.29. The van der Waals surface area contributed by atoms with Crippen LogP contribution in [0.25, 0.3) is 0 Å². The van der Waals surface area contributed by atoms with Crippen LogP contribution in [0.15, 0.2) is 0 Å². The summed E-state index contributed by atoms with van der Waals surface area (Å²) in [4.78, 5) is 7.30. The molecule has 3 fully saturated rings. The summed E-state index contributed by atoms with van der Waals surface area (Å²) in [5.74, 6) is 0.856. The molecule has 1 atom stereocenters. The van der Waals surface area contributed by atoms with E-state index in [1.165, 1.54) is 71.1 Å². The fourth-order valence-electron chi connectivity index (χ4n) is 4.95. The Labute approximate surface area is 251 Å². The van der Waals surface area contributed by atoms with E-state index in [0.717, 1.165) is 44.9 Å². The first kappa shape index (κ1) is 39.8. The lowest BCUT2D eigenvalue weighted by Gasteiger charge is -2.23. The van der Waals surface area contributed by atoms with E-state index in [1.54, 1.807) is 0 Å². The van der Waals surface area contributed by atoms with E-state index in [0.29, 0.717) is 0 Å². The van der Waals surface area contributed by atoms with Gasteiger partial charge in [-0.15, -0.1) is 0 Å². The van der Waals surface area contributed by atoms with Gasteiger partial charge in [0, 0.05) is 25.7 Å². The predicted octanol–water partition coefficient (Wildman–Crippen LogP) is 7.35. The van der Waals surface area contributed by atoms with Crippen LogP contribution < -0.4 is 0 Å². The third kappa shape index (κ3) is 23.3. The van der Waals surface area contributed by atoms with Crippen molar-refractivity contribution in [3.05, 3.63) is 0 Å². The molecule has 6 nitrogen and oxygen atoms in total. The van der Waals surface area contributed by atoms with Gasteiger partial charge in [-0.05, 0) is 134 Å². The molecule has 242 valence electrons. The first-order chi connectivity index (χ1) is 18.5. The highest BCUT2D eigenvalue weighted by Crippen LogP contribution is 2.26. The van der Waals surface area contributed by atoms with Crippen LogP contribution >= 0.6 is 0 Å². The highest BCUT2D eigenvalue weighted by atomic mass is 16.5. The molecule has 1 aliphatic carbocycles. The third-order valence-electron chi connectivity index (χ3n) is 7.29. The number of ether oxygens (including phenoxy) is 3. The quantitative estimate of drug-likeness (QED) is 0.288. The zero-order chi connectivity index (χ0) is 30.8. The van der Waals surface area contributed by atoms with Crippen molar-refractivity contribution < 1.29 is 14.2 Å². The van der Waals surface area contributed by atoms with E-state index in [2.05, 4.69) is 91.1 Å². The highest BCUT2D eigenvalue weighted by molar-refractivity contribution is 4.80. The number of rotatable bonds is 9. The summed E-state index contributed by atoms with van der Waals surface area (Å²) < 4.78 is 17.1. The minimum atomic E-state index is 0.000668. The van der Waals surface area contributed by atoms with Crippen molar-refractivity contribution in [3.8, 4) is 0 Å². The molecule has 0 N–H and O–H groups in total. The van der Waals surface area contributed by atoms with Crippen LogP contribution in [0.4, 0.5) is 0 Å². The molecule has 2 heterocycles. The second-order valence-electron chi connectivity index (χ2n) is 14.8. The van der Waals surface area contributed by atoms with Crippen molar-refractivity contribution >= 4 is 0 Å². The predicted molar refractivity (Wildman–Crippen MR) is 175 cm³/mol.